The molecule has 0 aliphatic rings. The van der Waals surface area contributed by atoms with Crippen molar-refractivity contribution in [1.82, 2.24) is 9.97 Å². The maximum absolute atomic E-state index is 10.6. The van der Waals surface area contributed by atoms with Crippen LogP contribution in [0, 0.1) is 0 Å². The van der Waals surface area contributed by atoms with E-state index in [0.29, 0.717) is 5.16 Å². The van der Waals surface area contributed by atoms with Crippen LogP contribution in [-0.4, -0.2) is 21.3 Å². The van der Waals surface area contributed by atoms with Crippen molar-refractivity contribution in [2.24, 2.45) is 0 Å². The van der Waals surface area contributed by atoms with E-state index in [9.17, 15) is 4.79 Å². The number of aromatic nitrogens is 2. The van der Waals surface area contributed by atoms with E-state index in [2.05, 4.69) is 16.5 Å². The Kier molecular flexibility index (Phi) is 5.73. The molecule has 2 rings (SSSR count). The van der Waals surface area contributed by atoms with Crippen LogP contribution in [0.2, 0.25) is 0 Å². The molecular weight excluding hydrogens is 248 g/mol. The molecule has 2 aromatic rings. The number of thioether (sulfide) groups is 1. The molecule has 94 valence electrons. The zero-order valence-corrected chi connectivity index (χ0v) is 10.8. The second kappa shape index (κ2) is 7.34. The topological polar surface area (TPSA) is 66.0 Å². The van der Waals surface area contributed by atoms with Crippen LogP contribution in [-0.2, 0) is 0 Å². The van der Waals surface area contributed by atoms with Crippen LogP contribution in [0.4, 0.5) is 0 Å². The fourth-order valence-electron chi connectivity index (χ4n) is 1.11. The maximum Gasteiger partial charge on any atom is 0.255 e. The first kappa shape index (κ1) is 14.1. The van der Waals surface area contributed by atoms with E-state index in [4.69, 9.17) is 5.11 Å². The number of hydrogen-bond acceptors (Lipinski definition) is 4. The molecular formula is C13H14N2O2S. The van der Waals surface area contributed by atoms with Crippen LogP contribution in [0.25, 0.3) is 6.08 Å². The Morgan fingerprint density at radius 2 is 2.06 bits per heavy atom. The standard InChI is InChI=1S/C8H8.C5H6N2O2S/c1-2-8-6-4-3-5-7-8;1-10-5-6-3(8)2-4(9)7-5/h2-7H,1H2;2H,1H3,(H2,6,7,8,9). The molecule has 4 nitrogen and oxygen atoms in total. The first-order valence-corrected chi connectivity index (χ1v) is 6.40. The first-order chi connectivity index (χ1) is 8.65. The van der Waals surface area contributed by atoms with Crippen molar-refractivity contribution >= 4 is 17.8 Å². The molecule has 0 aliphatic carbocycles. The van der Waals surface area contributed by atoms with Crippen molar-refractivity contribution in [1.29, 1.82) is 0 Å². The van der Waals surface area contributed by atoms with Crippen molar-refractivity contribution in [3.8, 4) is 5.88 Å². The molecule has 0 saturated carbocycles. The van der Waals surface area contributed by atoms with Gasteiger partial charge in [-0.05, 0) is 11.8 Å². The van der Waals surface area contributed by atoms with Crippen LogP contribution in [0.3, 0.4) is 0 Å². The SMILES string of the molecule is C=Cc1ccccc1.CSc1nc(O)cc(=O)[nH]1. The molecule has 1 aromatic carbocycles. The molecule has 0 spiro atoms. The second-order valence-electron chi connectivity index (χ2n) is 3.23. The average Bonchev–Trinajstić information content (AvgIpc) is 2.39. The van der Waals surface area contributed by atoms with Gasteiger partial charge in [-0.15, -0.1) is 0 Å². The van der Waals surface area contributed by atoms with Crippen LogP contribution in [0.15, 0.2) is 52.9 Å². The Balaban J connectivity index is 0.000000184. The van der Waals surface area contributed by atoms with E-state index < -0.39 is 0 Å². The second-order valence-corrected chi connectivity index (χ2v) is 4.02. The van der Waals surface area contributed by atoms with Gasteiger partial charge in [0.15, 0.2) is 5.16 Å². The van der Waals surface area contributed by atoms with Crippen LogP contribution < -0.4 is 5.56 Å². The lowest BCUT2D eigenvalue weighted by atomic mass is 10.2. The Morgan fingerprint density at radius 1 is 1.39 bits per heavy atom. The monoisotopic (exact) mass is 262 g/mol. The van der Waals surface area contributed by atoms with Crippen molar-refractivity contribution in [2.45, 2.75) is 5.16 Å². The lowest BCUT2D eigenvalue weighted by molar-refractivity contribution is 0.444. The third-order valence-corrected chi connectivity index (χ3v) is 2.52. The fraction of sp³-hybridized carbons (Fsp3) is 0.0769. The van der Waals surface area contributed by atoms with E-state index in [1.807, 2.05) is 36.4 Å². The zero-order chi connectivity index (χ0) is 13.4. The lowest BCUT2D eigenvalue weighted by Gasteiger charge is -1.93. The molecule has 0 atom stereocenters. The number of nitrogens with one attached hydrogen (secondary N) is 1. The Bertz CT molecular complexity index is 552. The molecule has 0 bridgehead atoms. The molecule has 0 amide bonds. The van der Waals surface area contributed by atoms with E-state index in [0.717, 1.165) is 6.07 Å². The summed E-state index contributed by atoms with van der Waals surface area (Å²) in [4.78, 5) is 16.7. The van der Waals surface area contributed by atoms with Crippen molar-refractivity contribution in [3.63, 3.8) is 0 Å². The third kappa shape index (κ3) is 4.88. The highest BCUT2D eigenvalue weighted by molar-refractivity contribution is 7.98. The Labute approximate surface area is 109 Å². The van der Waals surface area contributed by atoms with Gasteiger partial charge in [0.2, 0.25) is 5.88 Å². The van der Waals surface area contributed by atoms with Gasteiger partial charge < -0.3 is 10.1 Å². The molecule has 2 N–H and O–H groups in total. The van der Waals surface area contributed by atoms with Crippen molar-refractivity contribution in [2.75, 3.05) is 6.26 Å². The highest BCUT2D eigenvalue weighted by Gasteiger charge is 1.95. The van der Waals surface area contributed by atoms with Gasteiger partial charge in [0, 0.05) is 0 Å². The normalized spacial score (nSPS) is 9.17. The maximum atomic E-state index is 10.6. The van der Waals surface area contributed by atoms with Crippen LogP contribution in [0.5, 0.6) is 5.88 Å². The van der Waals surface area contributed by atoms with Gasteiger partial charge in [0.05, 0.1) is 6.07 Å². The summed E-state index contributed by atoms with van der Waals surface area (Å²) in [6.07, 6.45) is 3.59. The molecule has 0 aliphatic heterocycles. The summed E-state index contributed by atoms with van der Waals surface area (Å²) in [6, 6.07) is 11.1. The summed E-state index contributed by atoms with van der Waals surface area (Å²) in [7, 11) is 0. The van der Waals surface area contributed by atoms with E-state index in [1.54, 1.807) is 6.26 Å². The van der Waals surface area contributed by atoms with Gasteiger partial charge in [-0.2, -0.15) is 4.98 Å². The quantitative estimate of drug-likeness (QED) is 0.644. The number of aromatic amines is 1. The van der Waals surface area contributed by atoms with Gasteiger partial charge in [0.25, 0.3) is 5.56 Å². The molecule has 0 fully saturated rings. The summed E-state index contributed by atoms with van der Waals surface area (Å²) in [5.74, 6) is -0.242. The van der Waals surface area contributed by atoms with E-state index in [1.165, 1.54) is 17.3 Å². The minimum Gasteiger partial charge on any atom is -0.493 e. The highest BCUT2D eigenvalue weighted by atomic mass is 32.2. The highest BCUT2D eigenvalue weighted by Crippen LogP contribution is 2.07. The number of rotatable bonds is 2. The molecule has 5 heteroatoms. The van der Waals surface area contributed by atoms with Gasteiger partial charge >= 0.3 is 0 Å². The Hall–Kier alpha value is -2.01. The molecule has 1 aromatic heterocycles. The minimum absolute atomic E-state index is 0.242. The van der Waals surface area contributed by atoms with Crippen LogP contribution >= 0.6 is 11.8 Å². The lowest BCUT2D eigenvalue weighted by Crippen LogP contribution is -2.05. The van der Waals surface area contributed by atoms with Gasteiger partial charge in [-0.1, -0.05) is 54.7 Å². The summed E-state index contributed by atoms with van der Waals surface area (Å²) in [5.41, 5.74) is 0.837. The fourth-order valence-corrected chi connectivity index (χ4v) is 1.50. The summed E-state index contributed by atoms with van der Waals surface area (Å²) in [5, 5.41) is 9.20. The van der Waals surface area contributed by atoms with Gasteiger partial charge in [0.1, 0.15) is 0 Å². The molecule has 18 heavy (non-hydrogen) atoms. The number of aromatic hydroxyl groups is 1. The Morgan fingerprint density at radius 3 is 2.50 bits per heavy atom. The van der Waals surface area contributed by atoms with Gasteiger partial charge in [-0.3, -0.25) is 4.79 Å². The van der Waals surface area contributed by atoms with Crippen molar-refractivity contribution < 1.29 is 5.11 Å². The minimum atomic E-state index is -0.336. The zero-order valence-electron chi connectivity index (χ0n) is 9.96. The number of hydrogen-bond donors (Lipinski definition) is 2. The van der Waals surface area contributed by atoms with Gasteiger partial charge in [-0.25, -0.2) is 0 Å². The third-order valence-electron chi connectivity index (χ3n) is 1.94. The summed E-state index contributed by atoms with van der Waals surface area (Å²) < 4.78 is 0. The number of nitrogens with zero attached hydrogens (tertiary/aromatic N) is 1. The molecule has 0 radical (unpaired) electrons. The molecule has 0 unspecified atom stereocenters. The largest absolute Gasteiger partial charge is 0.493 e. The number of H-pyrrole nitrogens is 1. The predicted molar refractivity (Wildman–Crippen MR) is 74.8 cm³/mol. The number of benzene rings is 1. The smallest absolute Gasteiger partial charge is 0.255 e. The summed E-state index contributed by atoms with van der Waals surface area (Å²) in [6.45, 7) is 3.63. The predicted octanol–water partition coefficient (Wildman–Crippen LogP) is 2.53. The molecule has 1 heterocycles. The average molecular weight is 262 g/mol. The van der Waals surface area contributed by atoms with Crippen molar-refractivity contribution in [3.05, 3.63) is 58.9 Å². The van der Waals surface area contributed by atoms with E-state index >= 15 is 0 Å². The molecule has 0 saturated heterocycles. The van der Waals surface area contributed by atoms with E-state index in [-0.39, 0.29) is 11.4 Å². The summed E-state index contributed by atoms with van der Waals surface area (Å²) >= 11 is 1.27. The first-order valence-electron chi connectivity index (χ1n) is 5.17. The van der Waals surface area contributed by atoms with Crippen LogP contribution in [0.1, 0.15) is 5.56 Å².